The Labute approximate surface area is 193 Å². The molecule has 2 saturated heterocycles. The summed E-state index contributed by atoms with van der Waals surface area (Å²) in [7, 11) is 0. The Balaban J connectivity index is 1.30. The number of nitriles is 1. The van der Waals surface area contributed by atoms with Crippen molar-refractivity contribution < 1.29 is 9.47 Å². The van der Waals surface area contributed by atoms with Crippen molar-refractivity contribution in [3.8, 4) is 23.2 Å². The number of aromatic nitrogens is 2. The maximum absolute atomic E-state index is 9.62. The van der Waals surface area contributed by atoms with E-state index in [0.29, 0.717) is 23.0 Å². The molecule has 0 saturated carbocycles. The van der Waals surface area contributed by atoms with Gasteiger partial charge in [0.25, 0.3) is 0 Å². The number of nitrogens with zero attached hydrogens (tertiary/aromatic N) is 4. The first-order chi connectivity index (χ1) is 16.3. The maximum Gasteiger partial charge on any atom is 0.161 e. The van der Waals surface area contributed by atoms with Crippen molar-refractivity contribution in [2.45, 2.75) is 12.5 Å². The molecular weight excluding hydrogens is 416 g/mol. The van der Waals surface area contributed by atoms with Crippen LogP contribution in [0.4, 0.5) is 17.2 Å². The van der Waals surface area contributed by atoms with Gasteiger partial charge in [-0.05, 0) is 61.5 Å². The van der Waals surface area contributed by atoms with Gasteiger partial charge in [0.1, 0.15) is 23.7 Å². The molecule has 2 aliphatic rings. The van der Waals surface area contributed by atoms with Crippen LogP contribution in [0.2, 0.25) is 0 Å². The van der Waals surface area contributed by atoms with Crippen molar-refractivity contribution in [1.82, 2.24) is 15.3 Å². The van der Waals surface area contributed by atoms with Gasteiger partial charge in [-0.3, -0.25) is 0 Å². The highest BCUT2D eigenvalue weighted by atomic mass is 16.5. The second-order valence-corrected chi connectivity index (χ2v) is 8.09. The van der Waals surface area contributed by atoms with Crippen LogP contribution in [0.5, 0.6) is 5.75 Å². The van der Waals surface area contributed by atoms with Gasteiger partial charge in [0, 0.05) is 42.8 Å². The smallest absolute Gasteiger partial charge is 0.161 e. The first-order valence-electron chi connectivity index (χ1n) is 11.2. The third-order valence-electron chi connectivity index (χ3n) is 5.84. The largest absolute Gasteiger partial charge is 0.488 e. The normalized spacial score (nSPS) is 18.0. The molecule has 0 aliphatic carbocycles. The lowest BCUT2D eigenvalue weighted by Crippen LogP contribution is -2.36. The van der Waals surface area contributed by atoms with E-state index in [1.54, 1.807) is 12.3 Å². The van der Waals surface area contributed by atoms with E-state index in [0.717, 1.165) is 57.1 Å². The van der Waals surface area contributed by atoms with E-state index in [1.165, 1.54) is 5.69 Å². The quantitative estimate of drug-likeness (QED) is 0.600. The number of hydrogen-bond acceptors (Lipinski definition) is 8. The molecule has 3 heterocycles. The van der Waals surface area contributed by atoms with Crippen LogP contribution in [0, 0.1) is 11.3 Å². The lowest BCUT2D eigenvalue weighted by molar-refractivity contribution is 0.122. The molecule has 0 radical (unpaired) electrons. The van der Waals surface area contributed by atoms with Crippen molar-refractivity contribution in [2.24, 2.45) is 0 Å². The second-order valence-electron chi connectivity index (χ2n) is 8.09. The fourth-order valence-corrected chi connectivity index (χ4v) is 4.06. The third-order valence-corrected chi connectivity index (χ3v) is 5.84. The van der Waals surface area contributed by atoms with Crippen molar-refractivity contribution in [3.63, 3.8) is 0 Å². The van der Waals surface area contributed by atoms with E-state index in [-0.39, 0.29) is 6.10 Å². The van der Waals surface area contributed by atoms with Gasteiger partial charge in [-0.1, -0.05) is 0 Å². The number of ether oxygens (including phenoxy) is 2. The summed E-state index contributed by atoms with van der Waals surface area (Å²) < 4.78 is 11.4. The monoisotopic (exact) mass is 442 g/mol. The predicted molar refractivity (Wildman–Crippen MR) is 127 cm³/mol. The lowest BCUT2D eigenvalue weighted by Gasteiger charge is -2.28. The van der Waals surface area contributed by atoms with E-state index in [2.05, 4.69) is 43.7 Å². The van der Waals surface area contributed by atoms with Crippen molar-refractivity contribution in [2.75, 3.05) is 49.6 Å². The summed E-state index contributed by atoms with van der Waals surface area (Å²) >= 11 is 0. The average Bonchev–Trinajstić information content (AvgIpc) is 3.39. The first kappa shape index (κ1) is 21.2. The minimum Gasteiger partial charge on any atom is -0.488 e. The van der Waals surface area contributed by atoms with Crippen LogP contribution in [0.25, 0.3) is 11.4 Å². The summed E-state index contributed by atoms with van der Waals surface area (Å²) in [4.78, 5) is 11.4. The molecule has 1 aromatic heterocycles. The zero-order chi connectivity index (χ0) is 22.5. The molecule has 0 amide bonds. The topological polar surface area (TPSA) is 95.3 Å². The SMILES string of the molecule is N#Cc1cc(-c2nccc(Nc3ccc(N4CCOCC4)cc3)n2)ccc1O[C@@H]1CCNC1. The molecule has 8 nitrogen and oxygen atoms in total. The van der Waals surface area contributed by atoms with Crippen LogP contribution in [0.1, 0.15) is 12.0 Å². The fourth-order valence-electron chi connectivity index (χ4n) is 4.06. The Hall–Kier alpha value is -3.67. The summed E-state index contributed by atoms with van der Waals surface area (Å²) in [5.74, 6) is 1.84. The Bertz CT molecular complexity index is 1130. The zero-order valence-corrected chi connectivity index (χ0v) is 18.3. The number of hydrogen-bond donors (Lipinski definition) is 2. The maximum atomic E-state index is 9.62. The Morgan fingerprint density at radius 3 is 2.73 bits per heavy atom. The summed E-state index contributed by atoms with van der Waals surface area (Å²) in [6.45, 7) is 5.09. The highest BCUT2D eigenvalue weighted by Crippen LogP contribution is 2.27. The summed E-state index contributed by atoms with van der Waals surface area (Å²) in [6.07, 6.45) is 2.76. The van der Waals surface area contributed by atoms with Crippen molar-refractivity contribution >= 4 is 17.2 Å². The molecule has 2 aliphatic heterocycles. The highest BCUT2D eigenvalue weighted by molar-refractivity contribution is 5.65. The van der Waals surface area contributed by atoms with Crippen LogP contribution in [-0.4, -0.2) is 55.5 Å². The van der Waals surface area contributed by atoms with Crippen LogP contribution in [-0.2, 0) is 4.74 Å². The Morgan fingerprint density at radius 1 is 1.12 bits per heavy atom. The Kier molecular flexibility index (Phi) is 6.33. The van der Waals surface area contributed by atoms with Crippen LogP contribution >= 0.6 is 0 Å². The summed E-state index contributed by atoms with van der Waals surface area (Å²) in [6, 6.07) is 17.9. The standard InChI is InChI=1S/C25H26N6O2/c26-16-19-15-18(1-6-23(19)33-22-7-9-27-17-22)25-28-10-8-24(30-25)29-20-2-4-21(5-3-20)31-11-13-32-14-12-31/h1-6,8,10,15,22,27H,7,9,11-14,17H2,(H,28,29,30)/t22-/m1/s1. The molecule has 2 N–H and O–H groups in total. The average molecular weight is 443 g/mol. The lowest BCUT2D eigenvalue weighted by atomic mass is 10.1. The van der Waals surface area contributed by atoms with E-state index >= 15 is 0 Å². The van der Waals surface area contributed by atoms with Gasteiger partial charge in [0.05, 0.1) is 18.8 Å². The number of benzene rings is 2. The molecule has 5 rings (SSSR count). The minimum atomic E-state index is 0.0985. The summed E-state index contributed by atoms with van der Waals surface area (Å²) in [5, 5.41) is 16.2. The molecule has 0 unspecified atom stereocenters. The van der Waals surface area contributed by atoms with Gasteiger partial charge < -0.3 is 25.0 Å². The molecule has 0 bridgehead atoms. The molecule has 2 aromatic carbocycles. The molecule has 1 atom stereocenters. The molecule has 8 heteroatoms. The van der Waals surface area contributed by atoms with Crippen LogP contribution in [0.15, 0.2) is 54.7 Å². The zero-order valence-electron chi connectivity index (χ0n) is 18.3. The van der Waals surface area contributed by atoms with E-state index in [9.17, 15) is 5.26 Å². The first-order valence-corrected chi connectivity index (χ1v) is 11.2. The van der Waals surface area contributed by atoms with E-state index in [4.69, 9.17) is 9.47 Å². The van der Waals surface area contributed by atoms with Crippen LogP contribution in [0.3, 0.4) is 0 Å². The number of rotatable bonds is 6. The van der Waals surface area contributed by atoms with Gasteiger partial charge in [-0.25, -0.2) is 9.97 Å². The van der Waals surface area contributed by atoms with Crippen LogP contribution < -0.4 is 20.3 Å². The van der Waals surface area contributed by atoms with Gasteiger partial charge in [0.15, 0.2) is 5.82 Å². The molecule has 33 heavy (non-hydrogen) atoms. The minimum absolute atomic E-state index is 0.0985. The van der Waals surface area contributed by atoms with E-state index in [1.807, 2.05) is 30.3 Å². The molecule has 3 aromatic rings. The van der Waals surface area contributed by atoms with Crippen molar-refractivity contribution in [1.29, 1.82) is 5.26 Å². The summed E-state index contributed by atoms with van der Waals surface area (Å²) in [5.41, 5.74) is 3.39. The van der Waals surface area contributed by atoms with Gasteiger partial charge in [-0.15, -0.1) is 0 Å². The molecular formula is C25H26N6O2. The Morgan fingerprint density at radius 2 is 1.97 bits per heavy atom. The van der Waals surface area contributed by atoms with E-state index < -0.39 is 0 Å². The predicted octanol–water partition coefficient (Wildman–Crippen LogP) is 3.34. The second kappa shape index (κ2) is 9.86. The van der Waals surface area contributed by atoms with Gasteiger partial charge in [0.2, 0.25) is 0 Å². The highest BCUT2D eigenvalue weighted by Gasteiger charge is 2.18. The van der Waals surface area contributed by atoms with Gasteiger partial charge in [-0.2, -0.15) is 5.26 Å². The third kappa shape index (κ3) is 5.06. The molecule has 168 valence electrons. The molecule has 0 spiro atoms. The number of anilines is 3. The van der Waals surface area contributed by atoms with Gasteiger partial charge >= 0.3 is 0 Å². The number of morpholine rings is 1. The molecule has 2 fully saturated rings. The van der Waals surface area contributed by atoms with Crippen molar-refractivity contribution in [3.05, 3.63) is 60.3 Å². The number of nitrogens with one attached hydrogen (secondary N) is 2. The fraction of sp³-hybridized carbons (Fsp3) is 0.320.